The molecule has 2 aromatic carbocycles. The molecule has 5 nitrogen and oxygen atoms in total. The molecule has 0 saturated heterocycles. The fraction of sp³-hybridized carbons (Fsp3) is 0.417. The standard InChI is InChI=1S/C24H31FN2O3/c1-16(2)13-26-24(29)19(5)27(14-20-7-9-21(25)10-8-20)23(28)15-30-22-11-6-17(3)18(4)12-22/h6-12,16,19H,13-15H2,1-5H3,(H,26,29)/t19-/m0/s1. The predicted octanol–water partition coefficient (Wildman–Crippen LogP) is 4.01. The van der Waals surface area contributed by atoms with Crippen molar-refractivity contribution in [2.24, 2.45) is 5.92 Å². The van der Waals surface area contributed by atoms with Crippen molar-refractivity contribution in [2.45, 2.75) is 47.2 Å². The molecule has 0 saturated carbocycles. The Hall–Kier alpha value is -2.89. The Morgan fingerprint density at radius 3 is 2.30 bits per heavy atom. The van der Waals surface area contributed by atoms with E-state index < -0.39 is 6.04 Å². The highest BCUT2D eigenvalue weighted by atomic mass is 19.1. The molecule has 1 atom stereocenters. The average molecular weight is 415 g/mol. The number of halogens is 1. The van der Waals surface area contributed by atoms with Gasteiger partial charge in [-0.3, -0.25) is 9.59 Å². The second kappa shape index (κ2) is 10.8. The van der Waals surface area contributed by atoms with Crippen LogP contribution in [-0.4, -0.2) is 35.9 Å². The molecule has 6 heteroatoms. The fourth-order valence-electron chi connectivity index (χ4n) is 2.85. The van der Waals surface area contributed by atoms with Crippen LogP contribution in [0.5, 0.6) is 5.75 Å². The van der Waals surface area contributed by atoms with Gasteiger partial charge in [0.1, 0.15) is 17.6 Å². The highest BCUT2D eigenvalue weighted by Crippen LogP contribution is 2.17. The monoisotopic (exact) mass is 414 g/mol. The normalized spacial score (nSPS) is 11.8. The van der Waals surface area contributed by atoms with E-state index in [0.717, 1.165) is 16.7 Å². The second-order valence-corrected chi connectivity index (χ2v) is 8.00. The molecule has 30 heavy (non-hydrogen) atoms. The lowest BCUT2D eigenvalue weighted by molar-refractivity contribution is -0.142. The van der Waals surface area contributed by atoms with Gasteiger partial charge < -0.3 is 15.0 Å². The molecule has 2 amide bonds. The number of hydrogen-bond acceptors (Lipinski definition) is 3. The summed E-state index contributed by atoms with van der Waals surface area (Å²) >= 11 is 0. The fourth-order valence-corrected chi connectivity index (χ4v) is 2.85. The molecule has 1 N–H and O–H groups in total. The lowest BCUT2D eigenvalue weighted by Gasteiger charge is -2.29. The van der Waals surface area contributed by atoms with Gasteiger partial charge in [0.25, 0.3) is 5.91 Å². The van der Waals surface area contributed by atoms with Crippen molar-refractivity contribution < 1.29 is 18.7 Å². The summed E-state index contributed by atoms with van der Waals surface area (Å²) in [6.45, 7) is 10.2. The molecule has 0 heterocycles. The number of aryl methyl sites for hydroxylation is 2. The van der Waals surface area contributed by atoms with E-state index in [2.05, 4.69) is 5.32 Å². The number of nitrogens with one attached hydrogen (secondary N) is 1. The van der Waals surface area contributed by atoms with E-state index in [1.165, 1.54) is 17.0 Å². The van der Waals surface area contributed by atoms with Crippen molar-refractivity contribution in [1.82, 2.24) is 10.2 Å². The van der Waals surface area contributed by atoms with Crippen molar-refractivity contribution in [3.8, 4) is 5.75 Å². The van der Waals surface area contributed by atoms with Gasteiger partial charge in [-0.05, 0) is 67.6 Å². The Kier molecular flexibility index (Phi) is 8.39. The zero-order valence-electron chi connectivity index (χ0n) is 18.4. The summed E-state index contributed by atoms with van der Waals surface area (Å²) in [6.07, 6.45) is 0. The third kappa shape index (κ3) is 6.87. The van der Waals surface area contributed by atoms with Crippen molar-refractivity contribution in [3.63, 3.8) is 0 Å². The summed E-state index contributed by atoms with van der Waals surface area (Å²) in [4.78, 5) is 27.0. The van der Waals surface area contributed by atoms with E-state index in [9.17, 15) is 14.0 Å². The molecule has 0 aliphatic carbocycles. The first-order valence-corrected chi connectivity index (χ1v) is 10.2. The first-order valence-electron chi connectivity index (χ1n) is 10.2. The molecule has 0 aliphatic heterocycles. The van der Waals surface area contributed by atoms with Gasteiger partial charge in [-0.25, -0.2) is 4.39 Å². The Morgan fingerprint density at radius 2 is 1.70 bits per heavy atom. The number of ether oxygens (including phenoxy) is 1. The van der Waals surface area contributed by atoms with Crippen LogP contribution < -0.4 is 10.1 Å². The quantitative estimate of drug-likeness (QED) is 0.674. The molecule has 2 rings (SSSR count). The lowest BCUT2D eigenvalue weighted by atomic mass is 10.1. The maximum absolute atomic E-state index is 13.3. The molecular formula is C24H31FN2O3. The minimum Gasteiger partial charge on any atom is -0.484 e. The molecule has 0 unspecified atom stereocenters. The Bertz CT molecular complexity index is 865. The van der Waals surface area contributed by atoms with E-state index in [0.29, 0.717) is 18.2 Å². The SMILES string of the molecule is Cc1ccc(OCC(=O)N(Cc2ccc(F)cc2)[C@@H](C)C(=O)NCC(C)C)cc1C. The van der Waals surface area contributed by atoms with Crippen LogP contribution in [0, 0.1) is 25.6 Å². The highest BCUT2D eigenvalue weighted by Gasteiger charge is 2.26. The second-order valence-electron chi connectivity index (χ2n) is 8.00. The molecule has 0 spiro atoms. The number of carbonyl (C=O) groups is 2. The molecule has 162 valence electrons. The third-order valence-electron chi connectivity index (χ3n) is 4.96. The number of rotatable bonds is 9. The summed E-state index contributed by atoms with van der Waals surface area (Å²) in [5, 5.41) is 2.87. The minimum atomic E-state index is -0.690. The van der Waals surface area contributed by atoms with Gasteiger partial charge in [0, 0.05) is 13.1 Å². The maximum atomic E-state index is 13.3. The average Bonchev–Trinajstić information content (AvgIpc) is 2.71. The van der Waals surface area contributed by atoms with E-state index in [1.54, 1.807) is 19.1 Å². The third-order valence-corrected chi connectivity index (χ3v) is 4.96. The van der Waals surface area contributed by atoms with Crippen LogP contribution >= 0.6 is 0 Å². The van der Waals surface area contributed by atoms with E-state index >= 15 is 0 Å². The topological polar surface area (TPSA) is 58.6 Å². The van der Waals surface area contributed by atoms with Crippen molar-refractivity contribution in [3.05, 3.63) is 65.0 Å². The predicted molar refractivity (Wildman–Crippen MR) is 116 cm³/mol. The lowest BCUT2D eigenvalue weighted by Crippen LogP contribution is -2.49. The number of carbonyl (C=O) groups excluding carboxylic acids is 2. The Balaban J connectivity index is 2.13. The zero-order chi connectivity index (χ0) is 22.3. The van der Waals surface area contributed by atoms with Crippen molar-refractivity contribution in [1.29, 1.82) is 0 Å². The van der Waals surface area contributed by atoms with Crippen LogP contribution in [0.3, 0.4) is 0 Å². The molecule has 2 aromatic rings. The highest BCUT2D eigenvalue weighted by molar-refractivity contribution is 5.87. The summed E-state index contributed by atoms with van der Waals surface area (Å²) in [5.41, 5.74) is 2.95. The first-order chi connectivity index (χ1) is 14.2. The van der Waals surface area contributed by atoms with Crippen LogP contribution in [0.1, 0.15) is 37.5 Å². The number of benzene rings is 2. The molecule has 0 aliphatic rings. The number of hydrogen-bond donors (Lipinski definition) is 1. The molecule has 0 radical (unpaired) electrons. The number of nitrogens with zero attached hydrogens (tertiary/aromatic N) is 1. The van der Waals surface area contributed by atoms with Gasteiger partial charge in [0.2, 0.25) is 5.91 Å². The summed E-state index contributed by atoms with van der Waals surface area (Å²) in [5.74, 6) is 0.00752. The Labute approximate surface area is 178 Å². The number of amides is 2. The molecule has 0 aromatic heterocycles. The molecule has 0 bridgehead atoms. The smallest absolute Gasteiger partial charge is 0.261 e. The summed E-state index contributed by atoms with van der Waals surface area (Å²) in [7, 11) is 0. The van der Waals surface area contributed by atoms with E-state index in [1.807, 2.05) is 45.9 Å². The van der Waals surface area contributed by atoms with Gasteiger partial charge in [-0.15, -0.1) is 0 Å². The first kappa shape index (κ1) is 23.4. The summed E-state index contributed by atoms with van der Waals surface area (Å²) in [6, 6.07) is 10.8. The van der Waals surface area contributed by atoms with Gasteiger partial charge in [-0.1, -0.05) is 32.0 Å². The maximum Gasteiger partial charge on any atom is 0.261 e. The van der Waals surface area contributed by atoms with Crippen LogP contribution in [0.2, 0.25) is 0 Å². The van der Waals surface area contributed by atoms with Crippen molar-refractivity contribution >= 4 is 11.8 Å². The van der Waals surface area contributed by atoms with Gasteiger partial charge in [0.15, 0.2) is 6.61 Å². The van der Waals surface area contributed by atoms with Crippen LogP contribution in [-0.2, 0) is 16.1 Å². The van der Waals surface area contributed by atoms with Crippen LogP contribution in [0.4, 0.5) is 4.39 Å². The van der Waals surface area contributed by atoms with Gasteiger partial charge in [0.05, 0.1) is 0 Å². The van der Waals surface area contributed by atoms with Crippen LogP contribution in [0.25, 0.3) is 0 Å². The zero-order valence-corrected chi connectivity index (χ0v) is 18.4. The largest absolute Gasteiger partial charge is 0.484 e. The minimum absolute atomic E-state index is 0.186. The Morgan fingerprint density at radius 1 is 1.03 bits per heavy atom. The molecule has 0 fully saturated rings. The van der Waals surface area contributed by atoms with Crippen LogP contribution in [0.15, 0.2) is 42.5 Å². The van der Waals surface area contributed by atoms with E-state index in [-0.39, 0.29) is 30.8 Å². The van der Waals surface area contributed by atoms with Gasteiger partial charge >= 0.3 is 0 Å². The van der Waals surface area contributed by atoms with Gasteiger partial charge in [-0.2, -0.15) is 0 Å². The van der Waals surface area contributed by atoms with E-state index in [4.69, 9.17) is 4.74 Å². The van der Waals surface area contributed by atoms with Crippen molar-refractivity contribution in [2.75, 3.05) is 13.2 Å². The summed E-state index contributed by atoms with van der Waals surface area (Å²) < 4.78 is 18.9. The molecular weight excluding hydrogens is 383 g/mol.